The van der Waals surface area contributed by atoms with Crippen molar-refractivity contribution in [2.45, 2.75) is 37.0 Å². The van der Waals surface area contributed by atoms with Crippen molar-refractivity contribution in [1.82, 2.24) is 5.32 Å². The molecule has 2 rings (SSSR count). The maximum Gasteiger partial charge on any atom is 0.230 e. The van der Waals surface area contributed by atoms with E-state index in [2.05, 4.69) is 11.4 Å². The predicted molar refractivity (Wildman–Crippen MR) is 90.8 cm³/mol. The highest BCUT2D eigenvalue weighted by molar-refractivity contribution is 8.00. The fourth-order valence-corrected chi connectivity index (χ4v) is 3.52. The van der Waals surface area contributed by atoms with Crippen molar-refractivity contribution >= 4 is 35.0 Å². The summed E-state index contributed by atoms with van der Waals surface area (Å²) in [5, 5.41) is 3.55. The lowest BCUT2D eigenvalue weighted by Gasteiger charge is -2.13. The van der Waals surface area contributed by atoms with Crippen LogP contribution in [0.3, 0.4) is 0 Å². The molecule has 0 spiro atoms. The fourth-order valence-electron chi connectivity index (χ4n) is 2.36. The van der Waals surface area contributed by atoms with Crippen LogP contribution in [0.1, 0.15) is 32.1 Å². The first-order chi connectivity index (χ1) is 10.2. The van der Waals surface area contributed by atoms with Gasteiger partial charge in [0.25, 0.3) is 0 Å². The van der Waals surface area contributed by atoms with Crippen LogP contribution in [-0.4, -0.2) is 18.2 Å². The number of hydrogen-bond donors (Lipinski definition) is 2. The van der Waals surface area contributed by atoms with Crippen LogP contribution in [0, 0.1) is 0 Å². The third kappa shape index (κ3) is 5.29. The van der Waals surface area contributed by atoms with E-state index in [1.165, 1.54) is 43.0 Å². The lowest BCUT2D eigenvalue weighted by molar-refractivity contribution is -0.118. The minimum Gasteiger partial charge on any atom is -0.398 e. The van der Waals surface area contributed by atoms with Crippen LogP contribution >= 0.6 is 23.4 Å². The summed E-state index contributed by atoms with van der Waals surface area (Å²) in [7, 11) is 0. The van der Waals surface area contributed by atoms with Gasteiger partial charge in [-0.05, 0) is 44.2 Å². The molecule has 0 unspecified atom stereocenters. The van der Waals surface area contributed by atoms with Gasteiger partial charge in [-0.25, -0.2) is 0 Å². The molecule has 1 aliphatic rings. The minimum absolute atomic E-state index is 0.0238. The molecule has 1 aromatic carbocycles. The highest BCUT2D eigenvalue weighted by atomic mass is 35.5. The molecule has 0 atom stereocenters. The van der Waals surface area contributed by atoms with Crippen LogP contribution < -0.4 is 11.1 Å². The third-order valence-electron chi connectivity index (χ3n) is 3.50. The molecule has 0 bridgehead atoms. The number of anilines is 1. The van der Waals surface area contributed by atoms with E-state index in [4.69, 9.17) is 17.3 Å². The van der Waals surface area contributed by atoms with E-state index in [9.17, 15) is 4.79 Å². The molecule has 5 heteroatoms. The van der Waals surface area contributed by atoms with E-state index in [1.807, 2.05) is 0 Å². The number of carbonyl (C=O) groups excluding carboxylic acids is 1. The Kier molecular flexibility index (Phi) is 6.46. The first-order valence-electron chi connectivity index (χ1n) is 7.28. The summed E-state index contributed by atoms with van der Waals surface area (Å²) in [6.45, 7) is 0.712. The van der Waals surface area contributed by atoms with Crippen molar-refractivity contribution in [2.75, 3.05) is 18.0 Å². The number of nitrogens with two attached hydrogens (primary N) is 1. The van der Waals surface area contributed by atoms with Crippen LogP contribution in [0.25, 0.3) is 0 Å². The summed E-state index contributed by atoms with van der Waals surface area (Å²) >= 11 is 7.46. The second-order valence-electron chi connectivity index (χ2n) is 5.15. The van der Waals surface area contributed by atoms with Crippen molar-refractivity contribution in [3.8, 4) is 0 Å². The number of allylic oxidation sites excluding steroid dienone is 1. The summed E-state index contributed by atoms with van der Waals surface area (Å²) in [6, 6.07) is 5.38. The Morgan fingerprint density at radius 1 is 1.38 bits per heavy atom. The predicted octanol–water partition coefficient (Wildman–Crippen LogP) is 4.02. The van der Waals surface area contributed by atoms with Crippen LogP contribution in [0.5, 0.6) is 0 Å². The molecular weight excluding hydrogens is 304 g/mol. The first-order valence-corrected chi connectivity index (χ1v) is 8.64. The minimum atomic E-state index is 0.0238. The highest BCUT2D eigenvalue weighted by Gasteiger charge is 2.09. The van der Waals surface area contributed by atoms with Crippen molar-refractivity contribution in [3.05, 3.63) is 34.9 Å². The van der Waals surface area contributed by atoms with Crippen molar-refractivity contribution in [2.24, 2.45) is 0 Å². The van der Waals surface area contributed by atoms with Gasteiger partial charge in [0.05, 0.1) is 10.8 Å². The number of nitrogens with one attached hydrogen (secondary N) is 1. The van der Waals surface area contributed by atoms with Gasteiger partial charge in [-0.15, -0.1) is 11.8 Å². The number of hydrogen-bond acceptors (Lipinski definition) is 3. The zero-order chi connectivity index (χ0) is 15.1. The van der Waals surface area contributed by atoms with Crippen molar-refractivity contribution in [3.63, 3.8) is 0 Å². The molecule has 1 aromatic rings. The number of halogens is 1. The zero-order valence-electron chi connectivity index (χ0n) is 12.0. The lowest BCUT2D eigenvalue weighted by atomic mass is 9.97. The standard InChI is InChI=1S/C16H21ClN2OS/c17-13-7-4-8-14(18)16(13)21-11-15(20)19-10-9-12-5-2-1-3-6-12/h4-5,7-8H,1-3,6,9-11,18H2,(H,19,20). The summed E-state index contributed by atoms with van der Waals surface area (Å²) in [6.07, 6.45) is 8.22. The van der Waals surface area contributed by atoms with Gasteiger partial charge in [0, 0.05) is 17.1 Å². The smallest absolute Gasteiger partial charge is 0.230 e. The van der Waals surface area contributed by atoms with E-state index < -0.39 is 0 Å². The fraction of sp³-hybridized carbons (Fsp3) is 0.438. The molecule has 0 saturated heterocycles. The Balaban J connectivity index is 1.71. The number of thioether (sulfide) groups is 1. The van der Waals surface area contributed by atoms with E-state index in [1.54, 1.807) is 18.2 Å². The van der Waals surface area contributed by atoms with Gasteiger partial charge in [0.15, 0.2) is 0 Å². The van der Waals surface area contributed by atoms with Crippen LogP contribution in [0.4, 0.5) is 5.69 Å². The molecule has 0 fully saturated rings. The molecule has 0 aromatic heterocycles. The number of benzene rings is 1. The summed E-state index contributed by atoms with van der Waals surface area (Å²) in [5.41, 5.74) is 7.96. The van der Waals surface area contributed by atoms with Gasteiger partial charge in [-0.3, -0.25) is 4.79 Å². The quantitative estimate of drug-likeness (QED) is 0.472. The van der Waals surface area contributed by atoms with Gasteiger partial charge in [0.1, 0.15) is 0 Å². The molecule has 0 heterocycles. The Labute approximate surface area is 135 Å². The van der Waals surface area contributed by atoms with Crippen LogP contribution in [-0.2, 0) is 4.79 Å². The molecule has 0 saturated carbocycles. The van der Waals surface area contributed by atoms with Crippen molar-refractivity contribution < 1.29 is 4.79 Å². The third-order valence-corrected chi connectivity index (χ3v) is 5.08. The van der Waals surface area contributed by atoms with Gasteiger partial charge in [-0.1, -0.05) is 29.3 Å². The maximum absolute atomic E-state index is 11.8. The monoisotopic (exact) mass is 324 g/mol. The van der Waals surface area contributed by atoms with Crippen molar-refractivity contribution in [1.29, 1.82) is 0 Å². The first kappa shape index (κ1) is 16.2. The van der Waals surface area contributed by atoms with Gasteiger partial charge in [0.2, 0.25) is 5.91 Å². The maximum atomic E-state index is 11.8. The van der Waals surface area contributed by atoms with Gasteiger partial charge in [-0.2, -0.15) is 0 Å². The topological polar surface area (TPSA) is 55.1 Å². The van der Waals surface area contributed by atoms with Gasteiger partial charge >= 0.3 is 0 Å². The summed E-state index contributed by atoms with van der Waals surface area (Å²) in [4.78, 5) is 12.6. The Hall–Kier alpha value is -1.13. The second-order valence-corrected chi connectivity index (χ2v) is 6.55. The molecule has 3 nitrogen and oxygen atoms in total. The Bertz CT molecular complexity index is 511. The summed E-state index contributed by atoms with van der Waals surface area (Å²) < 4.78 is 0. The highest BCUT2D eigenvalue weighted by Crippen LogP contribution is 2.32. The van der Waals surface area contributed by atoms with Crippen LogP contribution in [0.2, 0.25) is 5.02 Å². The molecule has 21 heavy (non-hydrogen) atoms. The van der Waals surface area contributed by atoms with E-state index in [0.29, 0.717) is 23.0 Å². The van der Waals surface area contributed by atoms with E-state index in [0.717, 1.165) is 11.3 Å². The lowest BCUT2D eigenvalue weighted by Crippen LogP contribution is -2.26. The number of rotatable bonds is 6. The average molecular weight is 325 g/mol. The molecule has 0 radical (unpaired) electrons. The molecule has 1 aliphatic carbocycles. The van der Waals surface area contributed by atoms with Gasteiger partial charge < -0.3 is 11.1 Å². The number of amides is 1. The largest absolute Gasteiger partial charge is 0.398 e. The van der Waals surface area contributed by atoms with E-state index >= 15 is 0 Å². The molecule has 1 amide bonds. The molecule has 114 valence electrons. The zero-order valence-corrected chi connectivity index (χ0v) is 13.6. The Morgan fingerprint density at radius 3 is 2.95 bits per heavy atom. The second kappa shape index (κ2) is 8.35. The molecule has 3 N–H and O–H groups in total. The normalized spacial score (nSPS) is 14.6. The SMILES string of the molecule is Nc1cccc(Cl)c1SCC(=O)NCCC1=CCCCC1. The Morgan fingerprint density at radius 2 is 2.24 bits per heavy atom. The summed E-state index contributed by atoms with van der Waals surface area (Å²) in [5.74, 6) is 0.364. The van der Waals surface area contributed by atoms with Crippen LogP contribution in [0.15, 0.2) is 34.7 Å². The average Bonchev–Trinajstić information content (AvgIpc) is 2.48. The molecular formula is C16H21ClN2OS. The molecule has 0 aliphatic heterocycles. The number of nitrogen functional groups attached to an aromatic ring is 1. The number of carbonyl (C=O) groups is 1. The van der Waals surface area contributed by atoms with E-state index in [-0.39, 0.29) is 5.91 Å².